The smallest absolute Gasteiger partial charge is 0.134 e. The van der Waals surface area contributed by atoms with E-state index in [1.807, 2.05) is 45.9 Å². The molecule has 1 aromatic carbocycles. The van der Waals surface area contributed by atoms with Crippen molar-refractivity contribution >= 4 is 17.4 Å². The van der Waals surface area contributed by atoms with E-state index in [0.717, 1.165) is 17.7 Å². The lowest BCUT2D eigenvalue weighted by Crippen LogP contribution is -1.99. The van der Waals surface area contributed by atoms with E-state index < -0.39 is 0 Å². The number of hydrogen-bond donors (Lipinski definition) is 1. The zero-order valence-electron chi connectivity index (χ0n) is 11.5. The third-order valence-corrected chi connectivity index (χ3v) is 2.13. The standard InChI is InChI=1S/C10H11ClO.C2H7N.C2H6/c1-7-4-3-5-10(11)9(7)6-8(2)12;1-2-3;1-2/h3-5H,6H2,1-2H3;2-3H2,1H3;1-2H3. The molecule has 0 fully saturated rings. The van der Waals surface area contributed by atoms with Crippen LogP contribution in [0.2, 0.25) is 5.02 Å². The Hall–Kier alpha value is -0.860. The van der Waals surface area contributed by atoms with Crippen molar-refractivity contribution in [2.24, 2.45) is 5.73 Å². The number of nitrogens with two attached hydrogens (primary N) is 1. The van der Waals surface area contributed by atoms with Crippen molar-refractivity contribution in [3.63, 3.8) is 0 Å². The van der Waals surface area contributed by atoms with Crippen LogP contribution >= 0.6 is 11.6 Å². The van der Waals surface area contributed by atoms with Gasteiger partial charge in [0, 0.05) is 11.4 Å². The maximum atomic E-state index is 10.9. The van der Waals surface area contributed by atoms with Gasteiger partial charge in [-0.1, -0.05) is 44.5 Å². The number of ketones is 1. The molecule has 98 valence electrons. The van der Waals surface area contributed by atoms with Gasteiger partial charge in [0.2, 0.25) is 0 Å². The van der Waals surface area contributed by atoms with Crippen LogP contribution in [0.25, 0.3) is 0 Å². The van der Waals surface area contributed by atoms with Crippen molar-refractivity contribution < 1.29 is 4.79 Å². The summed E-state index contributed by atoms with van der Waals surface area (Å²) in [5, 5.41) is 0.685. The van der Waals surface area contributed by atoms with Crippen LogP contribution in [0.5, 0.6) is 0 Å². The summed E-state index contributed by atoms with van der Waals surface area (Å²) >= 11 is 5.92. The molecule has 0 radical (unpaired) electrons. The van der Waals surface area contributed by atoms with Gasteiger partial charge in [-0.25, -0.2) is 0 Å². The Morgan fingerprint density at radius 3 is 2.18 bits per heavy atom. The van der Waals surface area contributed by atoms with Gasteiger partial charge in [-0.3, -0.25) is 4.79 Å². The second-order valence-corrected chi connectivity index (χ2v) is 3.73. The Balaban J connectivity index is 0. The number of carbonyl (C=O) groups excluding carboxylic acids is 1. The predicted octanol–water partition coefficient (Wildman–Crippen LogP) is 3.77. The Morgan fingerprint density at radius 1 is 1.35 bits per heavy atom. The topological polar surface area (TPSA) is 43.1 Å². The summed E-state index contributed by atoms with van der Waals surface area (Å²) in [5.74, 6) is 0.145. The third kappa shape index (κ3) is 8.90. The van der Waals surface area contributed by atoms with Crippen molar-refractivity contribution in [2.45, 2.75) is 41.0 Å². The molecule has 0 atom stereocenters. The van der Waals surface area contributed by atoms with Gasteiger partial charge in [0.05, 0.1) is 0 Å². The largest absolute Gasteiger partial charge is 0.331 e. The Labute approximate surface area is 110 Å². The van der Waals surface area contributed by atoms with E-state index in [-0.39, 0.29) is 5.78 Å². The van der Waals surface area contributed by atoms with Gasteiger partial charge in [0.1, 0.15) is 5.78 Å². The minimum Gasteiger partial charge on any atom is -0.331 e. The molecule has 1 aromatic rings. The summed E-state index contributed by atoms with van der Waals surface area (Å²) in [6.45, 7) is 10.2. The van der Waals surface area contributed by atoms with Crippen LogP contribution in [0.3, 0.4) is 0 Å². The van der Waals surface area contributed by atoms with Crippen molar-refractivity contribution in [2.75, 3.05) is 6.54 Å². The van der Waals surface area contributed by atoms with E-state index in [0.29, 0.717) is 11.4 Å². The molecule has 2 nitrogen and oxygen atoms in total. The summed E-state index contributed by atoms with van der Waals surface area (Å²) in [6.07, 6.45) is 0.436. The fourth-order valence-corrected chi connectivity index (χ4v) is 1.43. The van der Waals surface area contributed by atoms with E-state index in [4.69, 9.17) is 17.3 Å². The number of aryl methyl sites for hydroxylation is 1. The lowest BCUT2D eigenvalue weighted by molar-refractivity contribution is -0.116. The van der Waals surface area contributed by atoms with Crippen molar-refractivity contribution in [1.82, 2.24) is 0 Å². The normalized spacial score (nSPS) is 8.41. The van der Waals surface area contributed by atoms with Gasteiger partial charge >= 0.3 is 0 Å². The lowest BCUT2D eigenvalue weighted by atomic mass is 10.0. The number of halogens is 1. The first kappa shape index (κ1) is 18.5. The zero-order valence-corrected chi connectivity index (χ0v) is 12.3. The van der Waals surface area contributed by atoms with E-state index >= 15 is 0 Å². The minimum absolute atomic E-state index is 0.145. The molecule has 0 amide bonds. The fraction of sp³-hybridized carbons (Fsp3) is 0.500. The number of Topliss-reactive ketones (excluding diaryl/α,β-unsaturated/α-hetero) is 1. The molecule has 0 saturated heterocycles. The molecule has 0 spiro atoms. The summed E-state index contributed by atoms with van der Waals surface area (Å²) in [4.78, 5) is 10.9. The first-order valence-corrected chi connectivity index (χ1v) is 6.34. The van der Waals surface area contributed by atoms with E-state index in [9.17, 15) is 4.79 Å². The first-order chi connectivity index (χ1) is 8.02. The highest BCUT2D eigenvalue weighted by Gasteiger charge is 2.05. The maximum absolute atomic E-state index is 10.9. The number of rotatable bonds is 2. The van der Waals surface area contributed by atoms with E-state index in [1.54, 1.807) is 6.92 Å². The highest BCUT2D eigenvalue weighted by molar-refractivity contribution is 6.31. The second kappa shape index (κ2) is 11.6. The summed E-state index contributed by atoms with van der Waals surface area (Å²) in [5.41, 5.74) is 6.88. The second-order valence-electron chi connectivity index (χ2n) is 3.32. The van der Waals surface area contributed by atoms with Gasteiger partial charge in [0.15, 0.2) is 0 Å². The summed E-state index contributed by atoms with van der Waals surface area (Å²) in [6, 6.07) is 5.66. The lowest BCUT2D eigenvalue weighted by Gasteiger charge is -2.04. The van der Waals surface area contributed by atoms with E-state index in [1.165, 1.54) is 0 Å². The molecule has 17 heavy (non-hydrogen) atoms. The summed E-state index contributed by atoms with van der Waals surface area (Å²) < 4.78 is 0. The maximum Gasteiger partial charge on any atom is 0.134 e. The monoisotopic (exact) mass is 257 g/mol. The van der Waals surface area contributed by atoms with E-state index in [2.05, 4.69) is 0 Å². The van der Waals surface area contributed by atoms with Crippen LogP contribution in [-0.4, -0.2) is 12.3 Å². The highest BCUT2D eigenvalue weighted by atomic mass is 35.5. The molecular weight excluding hydrogens is 234 g/mol. The molecule has 0 bridgehead atoms. The van der Waals surface area contributed by atoms with Crippen LogP contribution in [0.15, 0.2) is 18.2 Å². The average Bonchev–Trinajstić information content (AvgIpc) is 2.27. The van der Waals surface area contributed by atoms with Crippen LogP contribution in [0.4, 0.5) is 0 Å². The molecule has 3 heteroatoms. The minimum atomic E-state index is 0.145. The quantitative estimate of drug-likeness (QED) is 0.876. The zero-order chi connectivity index (χ0) is 13.8. The van der Waals surface area contributed by atoms with Gasteiger partial charge in [-0.15, -0.1) is 0 Å². The Bertz CT molecular complexity index is 304. The molecule has 0 aromatic heterocycles. The molecule has 1 rings (SSSR count). The molecular formula is C14H24ClNO. The average molecular weight is 258 g/mol. The van der Waals surface area contributed by atoms with Crippen LogP contribution in [0, 0.1) is 6.92 Å². The molecule has 0 unspecified atom stereocenters. The number of carbonyl (C=O) groups is 1. The molecule has 2 N–H and O–H groups in total. The molecule has 0 aliphatic rings. The van der Waals surface area contributed by atoms with Crippen molar-refractivity contribution in [1.29, 1.82) is 0 Å². The fourth-order valence-electron chi connectivity index (χ4n) is 1.14. The van der Waals surface area contributed by atoms with Crippen LogP contribution in [0.1, 0.15) is 38.8 Å². The van der Waals surface area contributed by atoms with Gasteiger partial charge in [-0.2, -0.15) is 0 Å². The summed E-state index contributed by atoms with van der Waals surface area (Å²) in [7, 11) is 0. The van der Waals surface area contributed by atoms with Crippen molar-refractivity contribution in [3.05, 3.63) is 34.3 Å². The Kier molecular flexibility index (Phi) is 12.6. The predicted molar refractivity (Wildman–Crippen MR) is 76.7 cm³/mol. The third-order valence-electron chi connectivity index (χ3n) is 1.78. The van der Waals surface area contributed by atoms with Gasteiger partial charge in [-0.05, 0) is 37.6 Å². The molecule has 0 saturated carbocycles. The van der Waals surface area contributed by atoms with Crippen molar-refractivity contribution in [3.8, 4) is 0 Å². The molecule has 0 aliphatic heterocycles. The SMILES string of the molecule is CC.CC(=O)Cc1c(C)cccc1Cl.CCN. The van der Waals surface area contributed by atoms with Gasteiger partial charge < -0.3 is 5.73 Å². The van der Waals surface area contributed by atoms with Crippen LogP contribution < -0.4 is 5.73 Å². The molecule has 0 aliphatic carbocycles. The van der Waals surface area contributed by atoms with Gasteiger partial charge in [0.25, 0.3) is 0 Å². The number of hydrogen-bond acceptors (Lipinski definition) is 2. The highest BCUT2D eigenvalue weighted by Crippen LogP contribution is 2.19. The Morgan fingerprint density at radius 2 is 1.82 bits per heavy atom. The first-order valence-electron chi connectivity index (χ1n) is 5.96. The van der Waals surface area contributed by atoms with Crippen LogP contribution in [-0.2, 0) is 11.2 Å². The number of benzene rings is 1. The molecule has 0 heterocycles.